The van der Waals surface area contributed by atoms with Gasteiger partial charge in [-0.25, -0.2) is 4.98 Å². The molecule has 1 heterocycles. The average molecular weight is 323 g/mol. The maximum Gasteiger partial charge on any atom is 0.0998 e. The van der Waals surface area contributed by atoms with Gasteiger partial charge in [-0.3, -0.25) is 0 Å². The number of nitriles is 1. The molecule has 96 valence electrons. The summed E-state index contributed by atoms with van der Waals surface area (Å²) in [5.74, 6) is 0. The molecule has 0 N–H and O–H groups in total. The zero-order valence-corrected chi connectivity index (χ0v) is 12.3. The molecule has 0 saturated heterocycles. The Bertz CT molecular complexity index is 819. The summed E-state index contributed by atoms with van der Waals surface area (Å²) in [6.45, 7) is 0. The third-order valence-corrected chi connectivity index (χ3v) is 3.88. The van der Waals surface area contributed by atoms with Crippen LogP contribution in [0.2, 0.25) is 0 Å². The van der Waals surface area contributed by atoms with Crippen LogP contribution in [-0.2, 0) is 5.33 Å². The van der Waals surface area contributed by atoms with E-state index in [2.05, 4.69) is 45.2 Å². The summed E-state index contributed by atoms with van der Waals surface area (Å²) in [6.07, 6.45) is 0. The van der Waals surface area contributed by atoms with Crippen LogP contribution in [0.1, 0.15) is 11.1 Å². The molecule has 3 heteroatoms. The van der Waals surface area contributed by atoms with Crippen LogP contribution in [-0.4, -0.2) is 4.98 Å². The number of hydrogen-bond donors (Lipinski definition) is 0. The molecule has 0 radical (unpaired) electrons. The molecular weight excluding hydrogens is 312 g/mol. The molecule has 0 fully saturated rings. The van der Waals surface area contributed by atoms with Gasteiger partial charge in [0.15, 0.2) is 0 Å². The smallest absolute Gasteiger partial charge is 0.0998 e. The molecule has 0 bridgehead atoms. The first kappa shape index (κ1) is 12.8. The van der Waals surface area contributed by atoms with E-state index in [1.54, 1.807) is 0 Å². The third kappa shape index (κ3) is 2.31. The van der Waals surface area contributed by atoms with Gasteiger partial charge < -0.3 is 0 Å². The summed E-state index contributed by atoms with van der Waals surface area (Å²) in [5, 5.41) is 11.1. The van der Waals surface area contributed by atoms with E-state index in [4.69, 9.17) is 0 Å². The van der Waals surface area contributed by atoms with Gasteiger partial charge in [0.25, 0.3) is 0 Å². The minimum absolute atomic E-state index is 0.649. The van der Waals surface area contributed by atoms with Gasteiger partial charge in [-0.15, -0.1) is 0 Å². The van der Waals surface area contributed by atoms with Crippen molar-refractivity contribution in [2.75, 3.05) is 0 Å². The lowest BCUT2D eigenvalue weighted by molar-refractivity contribution is 1.37. The van der Waals surface area contributed by atoms with Crippen LogP contribution in [0.25, 0.3) is 22.2 Å². The van der Waals surface area contributed by atoms with Crippen LogP contribution in [0.4, 0.5) is 0 Å². The van der Waals surface area contributed by atoms with E-state index >= 15 is 0 Å². The van der Waals surface area contributed by atoms with Crippen molar-refractivity contribution in [3.05, 3.63) is 65.7 Å². The summed E-state index contributed by atoms with van der Waals surface area (Å²) in [4.78, 5) is 4.66. The molecule has 0 saturated carbocycles. The summed E-state index contributed by atoms with van der Waals surface area (Å²) in [6, 6.07) is 20.0. The molecule has 20 heavy (non-hydrogen) atoms. The lowest BCUT2D eigenvalue weighted by Crippen LogP contribution is -1.89. The van der Waals surface area contributed by atoms with E-state index < -0.39 is 0 Å². The molecule has 0 aliphatic heterocycles. The normalized spacial score (nSPS) is 10.4. The quantitative estimate of drug-likeness (QED) is 0.643. The second-order valence-corrected chi connectivity index (χ2v) is 5.08. The Morgan fingerprint density at radius 2 is 1.90 bits per heavy atom. The molecule has 1 aromatic heterocycles. The Morgan fingerprint density at radius 3 is 2.70 bits per heavy atom. The molecule has 0 spiro atoms. The Kier molecular flexibility index (Phi) is 3.49. The van der Waals surface area contributed by atoms with Crippen molar-refractivity contribution in [2.24, 2.45) is 0 Å². The number of aromatic nitrogens is 1. The Morgan fingerprint density at radius 1 is 1.05 bits per heavy atom. The van der Waals surface area contributed by atoms with E-state index in [1.807, 2.05) is 36.4 Å². The van der Waals surface area contributed by atoms with Gasteiger partial charge >= 0.3 is 0 Å². The molecular formula is C17H11BrN2. The van der Waals surface area contributed by atoms with E-state index in [1.165, 1.54) is 5.56 Å². The number of halogens is 1. The zero-order chi connectivity index (χ0) is 13.9. The predicted molar refractivity (Wildman–Crippen MR) is 84.5 cm³/mol. The average Bonchev–Trinajstić information content (AvgIpc) is 2.53. The first-order chi connectivity index (χ1) is 9.81. The predicted octanol–water partition coefficient (Wildman–Crippen LogP) is 4.67. The van der Waals surface area contributed by atoms with Crippen LogP contribution in [0.5, 0.6) is 0 Å². The molecule has 0 aliphatic rings. The standard InChI is InChI=1S/C17H11BrN2/c18-10-12-5-7-16-13(9-12)6-8-17(20-16)15-4-2-1-3-14(15)11-19/h1-9H,10H2. The maximum atomic E-state index is 9.18. The minimum Gasteiger partial charge on any atom is -0.248 e. The van der Waals surface area contributed by atoms with Crippen molar-refractivity contribution in [2.45, 2.75) is 5.33 Å². The fourth-order valence-corrected chi connectivity index (χ4v) is 2.56. The molecule has 3 rings (SSSR count). The topological polar surface area (TPSA) is 36.7 Å². The van der Waals surface area contributed by atoms with Crippen molar-refractivity contribution in [1.29, 1.82) is 5.26 Å². The molecule has 2 nitrogen and oxygen atoms in total. The second-order valence-electron chi connectivity index (χ2n) is 4.51. The first-order valence-electron chi connectivity index (χ1n) is 6.27. The van der Waals surface area contributed by atoms with Crippen molar-refractivity contribution >= 4 is 26.8 Å². The fourth-order valence-electron chi connectivity index (χ4n) is 2.21. The SMILES string of the molecule is N#Cc1ccccc1-c1ccc2cc(CBr)ccc2n1. The van der Waals surface area contributed by atoms with Gasteiger partial charge in [-0.2, -0.15) is 5.26 Å². The lowest BCUT2D eigenvalue weighted by Gasteiger charge is -2.06. The monoisotopic (exact) mass is 322 g/mol. The lowest BCUT2D eigenvalue weighted by atomic mass is 10.0. The molecule has 3 aromatic rings. The van der Waals surface area contributed by atoms with E-state index in [-0.39, 0.29) is 0 Å². The number of rotatable bonds is 2. The summed E-state index contributed by atoms with van der Waals surface area (Å²) in [5.41, 5.74) is 4.53. The number of alkyl halides is 1. The van der Waals surface area contributed by atoms with Crippen molar-refractivity contribution in [3.63, 3.8) is 0 Å². The number of benzene rings is 2. The van der Waals surface area contributed by atoms with Gasteiger partial charge in [0.05, 0.1) is 22.8 Å². The second kappa shape index (κ2) is 5.44. The summed E-state index contributed by atoms with van der Waals surface area (Å²) >= 11 is 3.46. The van der Waals surface area contributed by atoms with E-state index in [0.29, 0.717) is 5.56 Å². The highest BCUT2D eigenvalue weighted by Gasteiger charge is 2.06. The van der Waals surface area contributed by atoms with Gasteiger partial charge in [-0.05, 0) is 29.8 Å². The van der Waals surface area contributed by atoms with E-state index in [9.17, 15) is 5.26 Å². The van der Waals surface area contributed by atoms with Crippen molar-refractivity contribution in [3.8, 4) is 17.3 Å². The first-order valence-corrected chi connectivity index (χ1v) is 7.39. The minimum atomic E-state index is 0.649. The van der Waals surface area contributed by atoms with Crippen LogP contribution >= 0.6 is 15.9 Å². The molecule has 0 aliphatic carbocycles. The highest BCUT2D eigenvalue weighted by Crippen LogP contribution is 2.24. The van der Waals surface area contributed by atoms with Gasteiger partial charge in [0.2, 0.25) is 0 Å². The largest absolute Gasteiger partial charge is 0.248 e. The molecule has 0 amide bonds. The molecule has 0 atom stereocenters. The van der Waals surface area contributed by atoms with Crippen LogP contribution < -0.4 is 0 Å². The molecule has 2 aromatic carbocycles. The van der Waals surface area contributed by atoms with Crippen LogP contribution in [0.15, 0.2) is 54.6 Å². The van der Waals surface area contributed by atoms with Gasteiger partial charge in [0.1, 0.15) is 0 Å². The number of nitrogens with zero attached hydrogens (tertiary/aromatic N) is 2. The Balaban J connectivity index is 2.16. The Hall–Kier alpha value is -2.18. The van der Waals surface area contributed by atoms with Gasteiger partial charge in [-0.1, -0.05) is 46.3 Å². The van der Waals surface area contributed by atoms with Crippen molar-refractivity contribution < 1.29 is 0 Å². The van der Waals surface area contributed by atoms with Crippen LogP contribution in [0.3, 0.4) is 0 Å². The summed E-state index contributed by atoms with van der Waals surface area (Å²) < 4.78 is 0. The number of hydrogen-bond acceptors (Lipinski definition) is 2. The summed E-state index contributed by atoms with van der Waals surface area (Å²) in [7, 11) is 0. The zero-order valence-electron chi connectivity index (χ0n) is 10.7. The molecule has 0 unspecified atom stereocenters. The fraction of sp³-hybridized carbons (Fsp3) is 0.0588. The third-order valence-electron chi connectivity index (χ3n) is 3.23. The van der Waals surface area contributed by atoms with Gasteiger partial charge in [0, 0.05) is 16.3 Å². The Labute approximate surface area is 125 Å². The number of pyridine rings is 1. The van der Waals surface area contributed by atoms with Crippen LogP contribution in [0, 0.1) is 11.3 Å². The number of fused-ring (bicyclic) bond motifs is 1. The maximum absolute atomic E-state index is 9.18. The highest BCUT2D eigenvalue weighted by molar-refractivity contribution is 9.08. The van der Waals surface area contributed by atoms with E-state index in [0.717, 1.165) is 27.5 Å². The highest BCUT2D eigenvalue weighted by atomic mass is 79.9. The van der Waals surface area contributed by atoms with Crippen molar-refractivity contribution in [1.82, 2.24) is 4.98 Å².